The van der Waals surface area contributed by atoms with E-state index in [1.165, 1.54) is 28.2 Å². The van der Waals surface area contributed by atoms with Gasteiger partial charge in [0.2, 0.25) is 5.91 Å². The molecule has 0 bridgehead atoms. The minimum Gasteiger partial charge on any atom is -0.325 e. The standard InChI is InChI=1S/C16H14FNOS/c1-10-2-3-11-9-15(20-14(11)8-10)16(19)18-13-6-4-12(17)5-7-13/h2-8,15H,9H2,1H3,(H,18,19). The molecule has 0 spiro atoms. The highest BCUT2D eigenvalue weighted by atomic mass is 32.2. The lowest BCUT2D eigenvalue weighted by molar-refractivity contribution is -0.115. The number of thioether (sulfide) groups is 1. The van der Waals surface area contributed by atoms with E-state index < -0.39 is 0 Å². The van der Waals surface area contributed by atoms with Crippen molar-refractivity contribution in [3.63, 3.8) is 0 Å². The van der Waals surface area contributed by atoms with Gasteiger partial charge in [-0.25, -0.2) is 4.39 Å². The molecular weight excluding hydrogens is 273 g/mol. The van der Waals surface area contributed by atoms with Gasteiger partial charge in [0.15, 0.2) is 0 Å². The Labute approximate surface area is 121 Å². The lowest BCUT2D eigenvalue weighted by atomic mass is 10.1. The van der Waals surface area contributed by atoms with E-state index in [9.17, 15) is 9.18 Å². The first-order chi connectivity index (χ1) is 9.61. The smallest absolute Gasteiger partial charge is 0.238 e. The molecular formula is C16H14FNOS. The number of nitrogens with one attached hydrogen (secondary N) is 1. The fraction of sp³-hybridized carbons (Fsp3) is 0.188. The number of aryl methyl sites for hydroxylation is 1. The minimum absolute atomic E-state index is 0.0320. The van der Waals surface area contributed by atoms with Crippen molar-refractivity contribution >= 4 is 23.4 Å². The van der Waals surface area contributed by atoms with Gasteiger partial charge in [-0.15, -0.1) is 11.8 Å². The number of halogens is 1. The summed E-state index contributed by atoms with van der Waals surface area (Å²) in [6, 6.07) is 12.1. The lowest BCUT2D eigenvalue weighted by Gasteiger charge is -2.09. The first kappa shape index (κ1) is 13.2. The summed E-state index contributed by atoms with van der Waals surface area (Å²) in [5.41, 5.74) is 3.06. The molecule has 0 saturated carbocycles. The summed E-state index contributed by atoms with van der Waals surface area (Å²) in [5.74, 6) is -0.336. The summed E-state index contributed by atoms with van der Waals surface area (Å²) in [4.78, 5) is 13.4. The fourth-order valence-corrected chi connectivity index (χ4v) is 3.53. The molecule has 0 fully saturated rings. The van der Waals surface area contributed by atoms with Crippen molar-refractivity contribution in [3.8, 4) is 0 Å². The third-order valence-electron chi connectivity index (χ3n) is 3.30. The molecule has 1 unspecified atom stereocenters. The van der Waals surface area contributed by atoms with E-state index >= 15 is 0 Å². The maximum absolute atomic E-state index is 12.8. The van der Waals surface area contributed by atoms with Gasteiger partial charge in [0.1, 0.15) is 5.82 Å². The molecule has 20 heavy (non-hydrogen) atoms. The van der Waals surface area contributed by atoms with E-state index in [4.69, 9.17) is 0 Å². The quantitative estimate of drug-likeness (QED) is 0.910. The van der Waals surface area contributed by atoms with Crippen LogP contribution in [0.5, 0.6) is 0 Å². The normalized spacial score (nSPS) is 16.8. The second kappa shape index (κ2) is 5.29. The molecule has 2 nitrogen and oxygen atoms in total. The van der Waals surface area contributed by atoms with Crippen molar-refractivity contribution < 1.29 is 9.18 Å². The molecule has 4 heteroatoms. The topological polar surface area (TPSA) is 29.1 Å². The van der Waals surface area contributed by atoms with E-state index in [1.54, 1.807) is 23.9 Å². The van der Waals surface area contributed by atoms with E-state index in [0.717, 1.165) is 6.42 Å². The number of hydrogen-bond acceptors (Lipinski definition) is 2. The zero-order valence-electron chi connectivity index (χ0n) is 11.0. The van der Waals surface area contributed by atoms with Crippen LogP contribution < -0.4 is 5.32 Å². The number of carbonyl (C=O) groups excluding carboxylic acids is 1. The maximum Gasteiger partial charge on any atom is 0.238 e. The first-order valence-electron chi connectivity index (χ1n) is 6.44. The average Bonchev–Trinajstić information content (AvgIpc) is 2.84. The van der Waals surface area contributed by atoms with Crippen LogP contribution in [-0.2, 0) is 11.2 Å². The van der Waals surface area contributed by atoms with Crippen LogP contribution >= 0.6 is 11.8 Å². The number of hydrogen-bond donors (Lipinski definition) is 1. The van der Waals surface area contributed by atoms with Gasteiger partial charge in [-0.2, -0.15) is 0 Å². The first-order valence-corrected chi connectivity index (χ1v) is 7.32. The largest absolute Gasteiger partial charge is 0.325 e. The van der Waals surface area contributed by atoms with Gasteiger partial charge in [-0.1, -0.05) is 17.7 Å². The predicted octanol–water partition coefficient (Wildman–Crippen LogP) is 3.79. The Kier molecular flexibility index (Phi) is 3.49. The second-order valence-corrected chi connectivity index (χ2v) is 6.16. The Morgan fingerprint density at radius 3 is 2.75 bits per heavy atom. The van der Waals surface area contributed by atoms with E-state index in [-0.39, 0.29) is 17.0 Å². The molecule has 0 aromatic heterocycles. The van der Waals surface area contributed by atoms with E-state index in [1.807, 2.05) is 6.92 Å². The van der Waals surface area contributed by atoms with Crippen LogP contribution in [0.2, 0.25) is 0 Å². The van der Waals surface area contributed by atoms with Crippen LogP contribution in [-0.4, -0.2) is 11.2 Å². The predicted molar refractivity (Wildman–Crippen MR) is 79.6 cm³/mol. The summed E-state index contributed by atoms with van der Waals surface area (Å²) >= 11 is 1.59. The minimum atomic E-state index is -0.305. The number of amides is 1. The molecule has 1 heterocycles. The van der Waals surface area contributed by atoms with Crippen molar-refractivity contribution in [1.82, 2.24) is 0 Å². The zero-order valence-corrected chi connectivity index (χ0v) is 11.8. The molecule has 1 aliphatic rings. The molecule has 0 saturated heterocycles. The van der Waals surface area contributed by atoms with E-state index in [2.05, 4.69) is 23.5 Å². The van der Waals surface area contributed by atoms with Crippen LogP contribution in [0.1, 0.15) is 11.1 Å². The highest BCUT2D eigenvalue weighted by Crippen LogP contribution is 2.38. The lowest BCUT2D eigenvalue weighted by Crippen LogP contribution is -2.24. The monoisotopic (exact) mass is 287 g/mol. The van der Waals surface area contributed by atoms with Crippen LogP contribution in [0.25, 0.3) is 0 Å². The van der Waals surface area contributed by atoms with Crippen molar-refractivity contribution in [2.24, 2.45) is 0 Å². The maximum atomic E-state index is 12.8. The molecule has 1 N–H and O–H groups in total. The van der Waals surface area contributed by atoms with Crippen molar-refractivity contribution in [2.75, 3.05) is 5.32 Å². The Hall–Kier alpha value is -1.81. The third-order valence-corrected chi connectivity index (χ3v) is 4.60. The summed E-state index contributed by atoms with van der Waals surface area (Å²) < 4.78 is 12.8. The number of fused-ring (bicyclic) bond motifs is 1. The molecule has 3 rings (SSSR count). The van der Waals surface area contributed by atoms with Gasteiger partial charge < -0.3 is 5.32 Å². The molecule has 1 atom stereocenters. The molecule has 1 amide bonds. The van der Waals surface area contributed by atoms with Crippen LogP contribution in [0.4, 0.5) is 10.1 Å². The fourth-order valence-electron chi connectivity index (χ4n) is 2.24. The van der Waals surface area contributed by atoms with Crippen molar-refractivity contribution in [3.05, 3.63) is 59.4 Å². The molecule has 1 aliphatic heterocycles. The van der Waals surface area contributed by atoms with E-state index in [0.29, 0.717) is 5.69 Å². The highest BCUT2D eigenvalue weighted by Gasteiger charge is 2.28. The van der Waals surface area contributed by atoms with Gasteiger partial charge >= 0.3 is 0 Å². The molecule has 0 aliphatic carbocycles. The van der Waals surface area contributed by atoms with Crippen LogP contribution in [0.3, 0.4) is 0 Å². The summed E-state index contributed by atoms with van der Waals surface area (Å²) in [6.45, 7) is 2.05. The zero-order chi connectivity index (χ0) is 14.1. The second-order valence-electron chi connectivity index (χ2n) is 4.92. The Bertz CT molecular complexity index is 654. The molecule has 2 aromatic rings. The summed E-state index contributed by atoms with van der Waals surface area (Å²) in [5, 5.41) is 2.72. The molecule has 0 radical (unpaired) electrons. The Morgan fingerprint density at radius 1 is 1.25 bits per heavy atom. The average molecular weight is 287 g/mol. The number of benzene rings is 2. The SMILES string of the molecule is Cc1ccc2c(c1)SC(C(=O)Nc1ccc(F)cc1)C2. The van der Waals surface area contributed by atoms with Gasteiger partial charge in [0, 0.05) is 10.6 Å². The molecule has 2 aromatic carbocycles. The number of rotatable bonds is 2. The highest BCUT2D eigenvalue weighted by molar-refractivity contribution is 8.01. The van der Waals surface area contributed by atoms with Crippen LogP contribution in [0.15, 0.2) is 47.4 Å². The van der Waals surface area contributed by atoms with Gasteiger partial charge in [-0.3, -0.25) is 4.79 Å². The Morgan fingerprint density at radius 2 is 2.00 bits per heavy atom. The third kappa shape index (κ3) is 2.70. The van der Waals surface area contributed by atoms with Gasteiger partial charge in [0.25, 0.3) is 0 Å². The summed E-state index contributed by atoms with van der Waals surface area (Å²) in [7, 11) is 0. The molecule has 102 valence electrons. The summed E-state index contributed by atoms with van der Waals surface area (Å²) in [6.07, 6.45) is 0.743. The number of carbonyl (C=O) groups is 1. The van der Waals surface area contributed by atoms with Crippen molar-refractivity contribution in [1.29, 1.82) is 0 Å². The number of anilines is 1. The van der Waals surface area contributed by atoms with Gasteiger partial charge in [0.05, 0.1) is 5.25 Å². The Balaban J connectivity index is 1.69. The van der Waals surface area contributed by atoms with Gasteiger partial charge in [-0.05, 0) is 49.2 Å². The van der Waals surface area contributed by atoms with Crippen molar-refractivity contribution in [2.45, 2.75) is 23.5 Å². The van der Waals surface area contributed by atoms with Crippen LogP contribution in [0, 0.1) is 12.7 Å².